The average molecular weight is 480 g/mol. The molecular formula is C25H22ClN3O5. The predicted octanol–water partition coefficient (Wildman–Crippen LogP) is 5.07. The molecule has 0 bridgehead atoms. The number of benzene rings is 3. The number of nitro benzene ring substituents is 1. The molecule has 1 atom stereocenters. The molecule has 9 heteroatoms. The van der Waals surface area contributed by atoms with Gasteiger partial charge in [-0.1, -0.05) is 41.9 Å². The largest absolute Gasteiger partial charge is 0.497 e. The predicted molar refractivity (Wildman–Crippen MR) is 130 cm³/mol. The highest BCUT2D eigenvalue weighted by molar-refractivity contribution is 6.32. The van der Waals surface area contributed by atoms with Gasteiger partial charge in [0.15, 0.2) is 6.61 Å². The highest BCUT2D eigenvalue weighted by atomic mass is 35.5. The van der Waals surface area contributed by atoms with Crippen molar-refractivity contribution in [2.24, 2.45) is 0 Å². The van der Waals surface area contributed by atoms with Crippen LogP contribution in [0.15, 0.2) is 72.9 Å². The Hall–Kier alpha value is -4.04. The van der Waals surface area contributed by atoms with E-state index in [1.165, 1.54) is 18.2 Å². The Labute approximate surface area is 200 Å². The molecule has 0 spiro atoms. The Morgan fingerprint density at radius 2 is 1.91 bits per heavy atom. The number of aromatic amines is 1. The Balaban J connectivity index is 1.48. The van der Waals surface area contributed by atoms with Crippen LogP contribution < -0.4 is 14.8 Å². The number of non-ortho nitro benzene ring substituents is 1. The molecule has 0 aliphatic carbocycles. The fraction of sp³-hybridized carbons (Fsp3) is 0.160. The lowest BCUT2D eigenvalue weighted by Crippen LogP contribution is -2.32. The summed E-state index contributed by atoms with van der Waals surface area (Å²) in [5.74, 6) is 0.492. The molecule has 1 heterocycles. The lowest BCUT2D eigenvalue weighted by molar-refractivity contribution is -0.384. The highest BCUT2D eigenvalue weighted by Gasteiger charge is 2.20. The summed E-state index contributed by atoms with van der Waals surface area (Å²) >= 11 is 6.04. The van der Waals surface area contributed by atoms with Crippen molar-refractivity contribution in [3.63, 3.8) is 0 Å². The van der Waals surface area contributed by atoms with Crippen molar-refractivity contribution in [3.05, 3.63) is 99.2 Å². The summed E-state index contributed by atoms with van der Waals surface area (Å²) in [6, 6.07) is 19.6. The number of rotatable bonds is 9. The SMILES string of the molecule is COc1ccc(C(CNC(=O)COc2ccc([N+](=O)[O-])cc2Cl)c2c[nH]c3ccccc23)cc1. The van der Waals surface area contributed by atoms with E-state index in [4.69, 9.17) is 21.1 Å². The number of fused-ring (bicyclic) bond motifs is 1. The molecule has 0 aliphatic rings. The molecule has 0 saturated carbocycles. The molecule has 3 aromatic carbocycles. The van der Waals surface area contributed by atoms with Gasteiger partial charge in [0, 0.05) is 41.7 Å². The standard InChI is InChI=1S/C25H22ClN3O5/c1-33-18-9-6-16(7-10-18)20(21-14-27-23-5-3-2-4-19(21)23)13-28-25(30)15-34-24-11-8-17(29(31)32)12-22(24)26/h2-12,14,20,27H,13,15H2,1H3,(H,28,30). The first-order chi connectivity index (χ1) is 16.5. The zero-order valence-electron chi connectivity index (χ0n) is 18.3. The first-order valence-electron chi connectivity index (χ1n) is 10.5. The number of halogens is 1. The Bertz CT molecular complexity index is 1320. The number of hydrogen-bond acceptors (Lipinski definition) is 5. The molecule has 4 aromatic rings. The van der Waals surface area contributed by atoms with Crippen LogP contribution in [0.2, 0.25) is 5.02 Å². The zero-order valence-corrected chi connectivity index (χ0v) is 19.0. The van der Waals surface area contributed by atoms with Crippen LogP contribution in [0, 0.1) is 10.1 Å². The lowest BCUT2D eigenvalue weighted by Gasteiger charge is -2.19. The highest BCUT2D eigenvalue weighted by Crippen LogP contribution is 2.32. The second-order valence-electron chi connectivity index (χ2n) is 7.58. The van der Waals surface area contributed by atoms with Gasteiger partial charge in [-0.25, -0.2) is 0 Å². The van der Waals surface area contributed by atoms with E-state index in [2.05, 4.69) is 10.3 Å². The van der Waals surface area contributed by atoms with Crippen LogP contribution in [0.5, 0.6) is 11.5 Å². The maximum absolute atomic E-state index is 12.6. The first-order valence-corrected chi connectivity index (χ1v) is 10.9. The summed E-state index contributed by atoms with van der Waals surface area (Å²) in [6.07, 6.45) is 1.96. The summed E-state index contributed by atoms with van der Waals surface area (Å²) in [5, 5.41) is 14.9. The number of H-pyrrole nitrogens is 1. The van der Waals surface area contributed by atoms with E-state index >= 15 is 0 Å². The quantitative estimate of drug-likeness (QED) is 0.257. The number of methoxy groups -OCH3 is 1. The molecule has 0 saturated heterocycles. The molecule has 1 amide bonds. The van der Waals surface area contributed by atoms with E-state index in [1.54, 1.807) is 7.11 Å². The lowest BCUT2D eigenvalue weighted by atomic mass is 9.91. The van der Waals surface area contributed by atoms with Gasteiger partial charge >= 0.3 is 0 Å². The number of nitrogens with zero attached hydrogens (tertiary/aromatic N) is 1. The molecular weight excluding hydrogens is 458 g/mol. The molecule has 0 aliphatic heterocycles. The molecule has 4 rings (SSSR count). The van der Waals surface area contributed by atoms with Crippen molar-refractivity contribution in [2.45, 2.75) is 5.92 Å². The Morgan fingerprint density at radius 1 is 1.15 bits per heavy atom. The fourth-order valence-corrected chi connectivity index (χ4v) is 3.99. The number of carbonyl (C=O) groups is 1. The minimum absolute atomic E-state index is 0.0666. The topological polar surface area (TPSA) is 106 Å². The summed E-state index contributed by atoms with van der Waals surface area (Å²) < 4.78 is 10.7. The van der Waals surface area contributed by atoms with E-state index in [9.17, 15) is 14.9 Å². The number of carbonyl (C=O) groups excluding carboxylic acids is 1. The van der Waals surface area contributed by atoms with Crippen LogP contribution in [-0.2, 0) is 4.79 Å². The summed E-state index contributed by atoms with van der Waals surface area (Å²) in [6.45, 7) is 0.0606. The second-order valence-corrected chi connectivity index (χ2v) is 7.99. The minimum Gasteiger partial charge on any atom is -0.497 e. The Kier molecular flexibility index (Phi) is 6.98. The maximum Gasteiger partial charge on any atom is 0.271 e. The monoisotopic (exact) mass is 479 g/mol. The van der Waals surface area contributed by atoms with Crippen LogP contribution in [0.1, 0.15) is 17.0 Å². The summed E-state index contributed by atoms with van der Waals surface area (Å²) in [4.78, 5) is 26.1. The van der Waals surface area contributed by atoms with E-state index < -0.39 is 4.92 Å². The van der Waals surface area contributed by atoms with Gasteiger partial charge in [-0.3, -0.25) is 14.9 Å². The van der Waals surface area contributed by atoms with Gasteiger partial charge in [0.25, 0.3) is 11.6 Å². The summed E-state index contributed by atoms with van der Waals surface area (Å²) in [5.41, 5.74) is 2.94. The first kappa shape index (κ1) is 23.1. The van der Waals surface area contributed by atoms with E-state index in [0.717, 1.165) is 27.8 Å². The average Bonchev–Trinajstić information content (AvgIpc) is 3.27. The molecule has 1 unspecified atom stereocenters. The third-order valence-electron chi connectivity index (χ3n) is 5.50. The molecule has 0 fully saturated rings. The van der Waals surface area contributed by atoms with Crippen LogP contribution in [0.25, 0.3) is 10.9 Å². The van der Waals surface area contributed by atoms with Gasteiger partial charge in [0.2, 0.25) is 0 Å². The number of hydrogen-bond donors (Lipinski definition) is 2. The number of amides is 1. The fourth-order valence-electron chi connectivity index (χ4n) is 3.76. The molecule has 174 valence electrons. The molecule has 34 heavy (non-hydrogen) atoms. The molecule has 1 aromatic heterocycles. The van der Waals surface area contributed by atoms with Crippen molar-refractivity contribution in [3.8, 4) is 11.5 Å². The van der Waals surface area contributed by atoms with Crippen molar-refractivity contribution in [1.29, 1.82) is 0 Å². The van der Waals surface area contributed by atoms with Gasteiger partial charge in [0.05, 0.1) is 17.1 Å². The third kappa shape index (κ3) is 5.13. The van der Waals surface area contributed by atoms with Gasteiger partial charge in [0.1, 0.15) is 11.5 Å². The van der Waals surface area contributed by atoms with Crippen LogP contribution in [-0.4, -0.2) is 36.1 Å². The molecule has 8 nitrogen and oxygen atoms in total. The normalized spacial score (nSPS) is 11.7. The Morgan fingerprint density at radius 3 is 2.62 bits per heavy atom. The van der Waals surface area contributed by atoms with Gasteiger partial charge in [-0.2, -0.15) is 0 Å². The van der Waals surface area contributed by atoms with Gasteiger partial charge in [-0.15, -0.1) is 0 Å². The minimum atomic E-state index is -0.549. The van der Waals surface area contributed by atoms with E-state index in [1.807, 2.05) is 54.7 Å². The van der Waals surface area contributed by atoms with Crippen molar-refractivity contribution >= 4 is 34.1 Å². The molecule has 0 radical (unpaired) electrons. The van der Waals surface area contributed by atoms with Crippen LogP contribution in [0.3, 0.4) is 0 Å². The van der Waals surface area contributed by atoms with Gasteiger partial charge < -0.3 is 19.8 Å². The maximum atomic E-state index is 12.6. The number of ether oxygens (including phenoxy) is 2. The van der Waals surface area contributed by atoms with Crippen LogP contribution >= 0.6 is 11.6 Å². The number of nitrogens with one attached hydrogen (secondary N) is 2. The number of para-hydroxylation sites is 1. The molecule has 2 N–H and O–H groups in total. The smallest absolute Gasteiger partial charge is 0.271 e. The van der Waals surface area contributed by atoms with E-state index in [-0.39, 0.29) is 34.9 Å². The number of aromatic nitrogens is 1. The third-order valence-corrected chi connectivity index (χ3v) is 5.80. The van der Waals surface area contributed by atoms with Crippen molar-refractivity contribution < 1.29 is 19.2 Å². The summed E-state index contributed by atoms with van der Waals surface area (Å²) in [7, 11) is 1.61. The van der Waals surface area contributed by atoms with Crippen molar-refractivity contribution in [1.82, 2.24) is 10.3 Å². The number of nitro groups is 1. The van der Waals surface area contributed by atoms with Crippen LogP contribution in [0.4, 0.5) is 5.69 Å². The van der Waals surface area contributed by atoms with Crippen molar-refractivity contribution in [2.75, 3.05) is 20.3 Å². The zero-order chi connectivity index (χ0) is 24.1. The van der Waals surface area contributed by atoms with E-state index in [0.29, 0.717) is 6.54 Å². The van der Waals surface area contributed by atoms with Gasteiger partial charge in [-0.05, 0) is 35.4 Å². The second kappa shape index (κ2) is 10.3.